The molecule has 0 N–H and O–H groups in total. The van der Waals surface area contributed by atoms with Crippen LogP contribution in [0.2, 0.25) is 0 Å². The van der Waals surface area contributed by atoms with E-state index in [0.717, 1.165) is 18.5 Å². The molecule has 0 spiro atoms. The lowest BCUT2D eigenvalue weighted by molar-refractivity contribution is 0.759. The number of benzene rings is 2. The highest BCUT2D eigenvalue weighted by Gasteiger charge is 2.10. The fourth-order valence-electron chi connectivity index (χ4n) is 2.55. The first-order chi connectivity index (χ1) is 8.83. The molecule has 0 radical (unpaired) electrons. The third kappa shape index (κ3) is 2.21. The van der Waals surface area contributed by atoms with E-state index < -0.39 is 0 Å². The zero-order valence-corrected chi connectivity index (χ0v) is 10.6. The molecule has 2 aromatic carbocycles. The number of hydrogen-bond acceptors (Lipinski definition) is 1. The van der Waals surface area contributed by atoms with Gasteiger partial charge in [0.05, 0.1) is 5.69 Å². The summed E-state index contributed by atoms with van der Waals surface area (Å²) >= 11 is 0. The topological polar surface area (TPSA) is 12.4 Å². The van der Waals surface area contributed by atoms with Crippen LogP contribution in [0.15, 0.2) is 53.5 Å². The van der Waals surface area contributed by atoms with Gasteiger partial charge in [-0.25, -0.2) is 0 Å². The van der Waals surface area contributed by atoms with E-state index in [0.29, 0.717) is 5.92 Å². The molecule has 0 fully saturated rings. The Morgan fingerprint density at radius 3 is 2.78 bits per heavy atom. The molecule has 1 atom stereocenters. The fourth-order valence-corrected chi connectivity index (χ4v) is 2.55. The van der Waals surface area contributed by atoms with Gasteiger partial charge >= 0.3 is 0 Å². The van der Waals surface area contributed by atoms with Gasteiger partial charge in [-0.3, -0.25) is 4.99 Å². The van der Waals surface area contributed by atoms with Gasteiger partial charge in [0.1, 0.15) is 0 Å². The van der Waals surface area contributed by atoms with Gasteiger partial charge in [0.25, 0.3) is 0 Å². The number of hydrogen-bond donors (Lipinski definition) is 0. The highest BCUT2D eigenvalue weighted by Crippen LogP contribution is 2.27. The van der Waals surface area contributed by atoms with E-state index >= 15 is 0 Å². The van der Waals surface area contributed by atoms with Crippen molar-refractivity contribution in [1.29, 1.82) is 0 Å². The molecular formula is C17H17N. The largest absolute Gasteiger partial charge is 0.261 e. The molecule has 1 heterocycles. The van der Waals surface area contributed by atoms with E-state index in [1.165, 1.54) is 16.7 Å². The van der Waals surface area contributed by atoms with Gasteiger partial charge in [-0.1, -0.05) is 49.4 Å². The van der Waals surface area contributed by atoms with Crippen molar-refractivity contribution in [3.05, 3.63) is 65.2 Å². The molecular weight excluding hydrogens is 218 g/mol. The van der Waals surface area contributed by atoms with E-state index in [-0.39, 0.29) is 0 Å². The van der Waals surface area contributed by atoms with Crippen molar-refractivity contribution in [1.82, 2.24) is 0 Å². The number of rotatable bonds is 3. The molecule has 0 aliphatic carbocycles. The smallest absolute Gasteiger partial charge is 0.0661 e. The monoisotopic (exact) mass is 235 g/mol. The van der Waals surface area contributed by atoms with Crippen LogP contribution in [0.25, 0.3) is 0 Å². The molecule has 0 aromatic heterocycles. The third-order valence-electron chi connectivity index (χ3n) is 3.60. The van der Waals surface area contributed by atoms with Crippen molar-refractivity contribution in [2.45, 2.75) is 25.7 Å². The Labute approximate surface area is 108 Å². The van der Waals surface area contributed by atoms with Gasteiger partial charge in [0.15, 0.2) is 0 Å². The lowest BCUT2D eigenvalue weighted by Crippen LogP contribution is -1.98. The molecule has 0 saturated carbocycles. The second-order valence-electron chi connectivity index (χ2n) is 4.99. The predicted molar refractivity (Wildman–Crippen MR) is 76.9 cm³/mol. The average molecular weight is 235 g/mol. The van der Waals surface area contributed by atoms with Crippen LogP contribution in [0.5, 0.6) is 0 Å². The zero-order valence-electron chi connectivity index (χ0n) is 10.6. The maximum atomic E-state index is 4.35. The van der Waals surface area contributed by atoms with Gasteiger partial charge in [0.2, 0.25) is 0 Å². The molecule has 90 valence electrons. The van der Waals surface area contributed by atoms with Crippen LogP contribution in [0.4, 0.5) is 5.69 Å². The highest BCUT2D eigenvalue weighted by molar-refractivity contribution is 5.75. The number of nitrogens with zero attached hydrogens (tertiary/aromatic N) is 1. The summed E-state index contributed by atoms with van der Waals surface area (Å²) in [7, 11) is 0. The molecule has 18 heavy (non-hydrogen) atoms. The molecule has 1 nitrogen and oxygen atoms in total. The van der Waals surface area contributed by atoms with Gasteiger partial charge in [-0.15, -0.1) is 0 Å². The molecule has 0 amide bonds. The van der Waals surface area contributed by atoms with Crippen molar-refractivity contribution >= 4 is 11.9 Å². The van der Waals surface area contributed by atoms with E-state index in [2.05, 4.69) is 60.4 Å². The maximum absolute atomic E-state index is 4.35. The summed E-state index contributed by atoms with van der Waals surface area (Å²) in [5, 5.41) is 0. The van der Waals surface area contributed by atoms with E-state index in [4.69, 9.17) is 0 Å². The molecule has 1 aliphatic rings. The van der Waals surface area contributed by atoms with Crippen molar-refractivity contribution in [2.75, 3.05) is 0 Å². The molecule has 1 heteroatoms. The highest BCUT2D eigenvalue weighted by atomic mass is 14.7. The standard InChI is InChI=1S/C17H17N/c1-13(15-5-3-2-4-6-15)11-14-7-8-17-16(12-14)9-10-18-17/h2-8,10,12-13H,9,11H2,1H3. The first-order valence-corrected chi connectivity index (χ1v) is 6.52. The van der Waals surface area contributed by atoms with Crippen LogP contribution in [0, 0.1) is 0 Å². The number of aliphatic imine (C=N–C) groups is 1. The Kier molecular flexibility index (Phi) is 2.97. The summed E-state index contributed by atoms with van der Waals surface area (Å²) in [4.78, 5) is 4.35. The fraction of sp³-hybridized carbons (Fsp3) is 0.235. The van der Waals surface area contributed by atoms with E-state index in [1.807, 2.05) is 6.21 Å². The summed E-state index contributed by atoms with van der Waals surface area (Å²) in [6, 6.07) is 17.4. The summed E-state index contributed by atoms with van der Waals surface area (Å²) < 4.78 is 0. The van der Waals surface area contributed by atoms with Crippen LogP contribution in [0.3, 0.4) is 0 Å². The van der Waals surface area contributed by atoms with Crippen LogP contribution >= 0.6 is 0 Å². The maximum Gasteiger partial charge on any atom is 0.0661 e. The van der Waals surface area contributed by atoms with Gasteiger partial charge in [-0.05, 0) is 35.1 Å². The second kappa shape index (κ2) is 4.77. The summed E-state index contributed by atoms with van der Waals surface area (Å²) in [6.07, 6.45) is 4.08. The Bertz CT molecular complexity index is 569. The molecule has 0 saturated heterocycles. The Morgan fingerprint density at radius 2 is 1.94 bits per heavy atom. The Hall–Kier alpha value is -1.89. The quantitative estimate of drug-likeness (QED) is 0.752. The van der Waals surface area contributed by atoms with Crippen molar-refractivity contribution in [2.24, 2.45) is 4.99 Å². The molecule has 3 rings (SSSR count). The second-order valence-corrected chi connectivity index (χ2v) is 4.99. The molecule has 2 aromatic rings. The van der Waals surface area contributed by atoms with E-state index in [1.54, 1.807) is 0 Å². The van der Waals surface area contributed by atoms with Crippen molar-refractivity contribution < 1.29 is 0 Å². The lowest BCUT2D eigenvalue weighted by atomic mass is 9.93. The van der Waals surface area contributed by atoms with E-state index in [9.17, 15) is 0 Å². The normalized spacial score (nSPS) is 14.5. The van der Waals surface area contributed by atoms with Gasteiger partial charge < -0.3 is 0 Å². The third-order valence-corrected chi connectivity index (χ3v) is 3.60. The van der Waals surface area contributed by atoms with Crippen LogP contribution in [-0.2, 0) is 12.8 Å². The van der Waals surface area contributed by atoms with Crippen LogP contribution < -0.4 is 0 Å². The lowest BCUT2D eigenvalue weighted by Gasteiger charge is -2.12. The molecule has 0 bridgehead atoms. The zero-order chi connectivity index (χ0) is 12.4. The van der Waals surface area contributed by atoms with Crippen molar-refractivity contribution in [3.8, 4) is 0 Å². The minimum atomic E-state index is 0.562. The molecule has 1 aliphatic heterocycles. The Morgan fingerprint density at radius 1 is 1.11 bits per heavy atom. The Balaban J connectivity index is 1.77. The van der Waals surface area contributed by atoms with Crippen molar-refractivity contribution in [3.63, 3.8) is 0 Å². The molecule has 1 unspecified atom stereocenters. The van der Waals surface area contributed by atoms with Crippen LogP contribution in [-0.4, -0.2) is 6.21 Å². The number of fused-ring (bicyclic) bond motifs is 1. The van der Waals surface area contributed by atoms with Crippen LogP contribution in [0.1, 0.15) is 29.5 Å². The van der Waals surface area contributed by atoms with Gasteiger partial charge in [-0.2, -0.15) is 0 Å². The predicted octanol–water partition coefficient (Wildman–Crippen LogP) is 4.29. The summed E-state index contributed by atoms with van der Waals surface area (Å²) in [6.45, 7) is 2.29. The minimum Gasteiger partial charge on any atom is -0.261 e. The first kappa shape index (κ1) is 11.2. The first-order valence-electron chi connectivity index (χ1n) is 6.52. The summed E-state index contributed by atoms with van der Waals surface area (Å²) in [5.74, 6) is 0.562. The van der Waals surface area contributed by atoms with Gasteiger partial charge in [0, 0.05) is 12.6 Å². The summed E-state index contributed by atoms with van der Waals surface area (Å²) in [5.41, 5.74) is 5.34. The average Bonchev–Trinajstić information content (AvgIpc) is 2.87. The minimum absolute atomic E-state index is 0.562. The SMILES string of the molecule is CC(Cc1ccc2c(c1)CC=N2)c1ccccc1.